The molecule has 0 radical (unpaired) electrons. The van der Waals surface area contributed by atoms with Crippen LogP contribution in [0.25, 0.3) is 11.0 Å². The van der Waals surface area contributed by atoms with Crippen LogP contribution in [0, 0.1) is 0 Å². The zero-order valence-corrected chi connectivity index (χ0v) is 10.1. The second-order valence-corrected chi connectivity index (χ2v) is 5.11. The summed E-state index contributed by atoms with van der Waals surface area (Å²) in [5, 5.41) is 6.08. The number of nitrogens with zero attached hydrogens (tertiary/aromatic N) is 3. The van der Waals surface area contributed by atoms with E-state index in [1.54, 1.807) is 10.7 Å². The van der Waals surface area contributed by atoms with Gasteiger partial charge in [-0.3, -0.25) is 4.68 Å². The van der Waals surface area contributed by atoms with Crippen molar-refractivity contribution in [3.05, 3.63) is 23.0 Å². The molecule has 80 valence electrons. The normalized spacial score (nSPS) is 12.3. The molecule has 0 aliphatic rings. The summed E-state index contributed by atoms with van der Waals surface area (Å²) in [6.45, 7) is 6.43. The van der Waals surface area contributed by atoms with Crippen LogP contribution in [0.15, 0.2) is 12.1 Å². The largest absolute Gasteiger partial charge is 0.250 e. The molecule has 0 saturated heterocycles. The maximum atomic E-state index is 5.86. The first kappa shape index (κ1) is 10.4. The highest BCUT2D eigenvalue weighted by Gasteiger charge is 2.22. The van der Waals surface area contributed by atoms with Crippen molar-refractivity contribution >= 4 is 22.6 Å². The third kappa shape index (κ3) is 1.72. The number of pyridine rings is 1. The number of halogens is 1. The van der Waals surface area contributed by atoms with Crippen LogP contribution in [0.2, 0.25) is 5.15 Å². The number of fused-ring (bicyclic) bond motifs is 1. The first-order valence-electron chi connectivity index (χ1n) is 4.89. The number of rotatable bonds is 0. The molecule has 0 unspecified atom stereocenters. The lowest BCUT2D eigenvalue weighted by Crippen LogP contribution is -2.12. The standard InChI is InChI=1S/C11H14ClN3/c1-11(2,3)9-7-5-6-8(12)13-10(7)15(4)14-9/h5-6H,1-4H3. The van der Waals surface area contributed by atoms with Crippen molar-refractivity contribution in [1.82, 2.24) is 14.8 Å². The third-order valence-electron chi connectivity index (χ3n) is 2.36. The topological polar surface area (TPSA) is 30.7 Å². The Kier molecular flexibility index (Phi) is 2.23. The highest BCUT2D eigenvalue weighted by Crippen LogP contribution is 2.28. The van der Waals surface area contributed by atoms with Gasteiger partial charge >= 0.3 is 0 Å². The Morgan fingerprint density at radius 2 is 1.93 bits per heavy atom. The summed E-state index contributed by atoms with van der Waals surface area (Å²) >= 11 is 5.86. The van der Waals surface area contributed by atoms with Gasteiger partial charge in [-0.05, 0) is 12.1 Å². The van der Waals surface area contributed by atoms with Crippen LogP contribution in [0.5, 0.6) is 0 Å². The number of aryl methyl sites for hydroxylation is 1. The zero-order valence-electron chi connectivity index (χ0n) is 9.37. The maximum absolute atomic E-state index is 5.86. The van der Waals surface area contributed by atoms with Gasteiger partial charge < -0.3 is 0 Å². The maximum Gasteiger partial charge on any atom is 0.159 e. The summed E-state index contributed by atoms with van der Waals surface area (Å²) in [6.07, 6.45) is 0. The molecule has 0 saturated carbocycles. The van der Waals surface area contributed by atoms with Crippen LogP contribution in [0.3, 0.4) is 0 Å². The van der Waals surface area contributed by atoms with E-state index in [4.69, 9.17) is 11.6 Å². The molecule has 2 aromatic rings. The summed E-state index contributed by atoms with van der Waals surface area (Å²) in [4.78, 5) is 4.28. The third-order valence-corrected chi connectivity index (χ3v) is 2.57. The van der Waals surface area contributed by atoms with Crippen molar-refractivity contribution in [2.75, 3.05) is 0 Å². The Morgan fingerprint density at radius 1 is 1.27 bits per heavy atom. The van der Waals surface area contributed by atoms with Gasteiger partial charge in [-0.1, -0.05) is 32.4 Å². The molecule has 2 heterocycles. The van der Waals surface area contributed by atoms with E-state index >= 15 is 0 Å². The SMILES string of the molecule is Cn1nc(C(C)(C)C)c2ccc(Cl)nc21. The Labute approximate surface area is 94.1 Å². The number of hydrogen-bond acceptors (Lipinski definition) is 2. The van der Waals surface area contributed by atoms with Gasteiger partial charge in [0.2, 0.25) is 0 Å². The lowest BCUT2D eigenvalue weighted by molar-refractivity contribution is 0.558. The molecule has 0 spiro atoms. The van der Waals surface area contributed by atoms with Gasteiger partial charge in [0.15, 0.2) is 5.65 Å². The minimum atomic E-state index is 0.0228. The second kappa shape index (κ2) is 3.20. The minimum absolute atomic E-state index is 0.0228. The molecule has 0 amide bonds. The van der Waals surface area contributed by atoms with Crippen molar-refractivity contribution in [3.63, 3.8) is 0 Å². The highest BCUT2D eigenvalue weighted by atomic mass is 35.5. The first-order valence-corrected chi connectivity index (χ1v) is 5.27. The van der Waals surface area contributed by atoms with E-state index in [9.17, 15) is 0 Å². The molecule has 4 heteroatoms. The van der Waals surface area contributed by atoms with Crippen LogP contribution in [0.4, 0.5) is 0 Å². The van der Waals surface area contributed by atoms with Gasteiger partial charge in [-0.15, -0.1) is 0 Å². The van der Waals surface area contributed by atoms with Crippen LogP contribution in [-0.4, -0.2) is 14.8 Å². The van der Waals surface area contributed by atoms with E-state index < -0.39 is 0 Å². The predicted octanol–water partition coefficient (Wildman–Crippen LogP) is 2.92. The fourth-order valence-electron chi connectivity index (χ4n) is 1.66. The van der Waals surface area contributed by atoms with Gasteiger partial charge in [0, 0.05) is 17.8 Å². The minimum Gasteiger partial charge on any atom is -0.250 e. The zero-order chi connectivity index (χ0) is 11.2. The second-order valence-electron chi connectivity index (χ2n) is 4.73. The molecular formula is C11H14ClN3. The lowest BCUT2D eigenvalue weighted by Gasteiger charge is -2.15. The average molecular weight is 224 g/mol. The van der Waals surface area contributed by atoms with Crippen LogP contribution >= 0.6 is 11.6 Å². The van der Waals surface area contributed by atoms with Gasteiger partial charge in [0.1, 0.15) is 5.15 Å². The smallest absolute Gasteiger partial charge is 0.159 e. The van der Waals surface area contributed by atoms with Crippen LogP contribution < -0.4 is 0 Å². The quantitative estimate of drug-likeness (QED) is 0.643. The summed E-state index contributed by atoms with van der Waals surface area (Å²) in [5.41, 5.74) is 1.92. The lowest BCUT2D eigenvalue weighted by atomic mass is 9.90. The van der Waals surface area contributed by atoms with Gasteiger partial charge in [0.25, 0.3) is 0 Å². The summed E-state index contributed by atoms with van der Waals surface area (Å²) < 4.78 is 1.78. The Bertz CT molecular complexity index is 508. The van der Waals surface area contributed by atoms with Crippen molar-refractivity contribution in [1.29, 1.82) is 0 Å². The molecule has 15 heavy (non-hydrogen) atoms. The van der Waals surface area contributed by atoms with Crippen LogP contribution in [-0.2, 0) is 12.5 Å². The summed E-state index contributed by atoms with van der Waals surface area (Å²) in [5.74, 6) is 0. The summed E-state index contributed by atoms with van der Waals surface area (Å²) in [6, 6.07) is 3.79. The molecular weight excluding hydrogens is 210 g/mol. The predicted molar refractivity (Wildman–Crippen MR) is 62.2 cm³/mol. The van der Waals surface area contributed by atoms with Gasteiger partial charge in [0.05, 0.1) is 5.69 Å². The molecule has 2 aromatic heterocycles. The molecule has 3 nitrogen and oxygen atoms in total. The fraction of sp³-hybridized carbons (Fsp3) is 0.455. The monoisotopic (exact) mass is 223 g/mol. The van der Waals surface area contributed by atoms with Gasteiger partial charge in [-0.2, -0.15) is 5.10 Å². The molecule has 0 atom stereocenters. The van der Waals surface area contributed by atoms with E-state index in [0.717, 1.165) is 16.7 Å². The van der Waals surface area contributed by atoms with E-state index in [-0.39, 0.29) is 5.41 Å². The average Bonchev–Trinajstić information content (AvgIpc) is 2.43. The highest BCUT2D eigenvalue weighted by molar-refractivity contribution is 6.29. The molecule has 0 aromatic carbocycles. The molecule has 0 N–H and O–H groups in total. The van der Waals surface area contributed by atoms with Crippen LogP contribution in [0.1, 0.15) is 26.5 Å². The molecule has 0 bridgehead atoms. The number of aromatic nitrogens is 3. The molecule has 0 aliphatic heterocycles. The van der Waals surface area contributed by atoms with E-state index in [1.807, 2.05) is 13.1 Å². The number of hydrogen-bond donors (Lipinski definition) is 0. The molecule has 0 fully saturated rings. The van der Waals surface area contributed by atoms with Crippen molar-refractivity contribution < 1.29 is 0 Å². The fourth-order valence-corrected chi connectivity index (χ4v) is 1.81. The summed E-state index contributed by atoms with van der Waals surface area (Å²) in [7, 11) is 1.89. The van der Waals surface area contributed by atoms with Crippen molar-refractivity contribution in [2.45, 2.75) is 26.2 Å². The van der Waals surface area contributed by atoms with Gasteiger partial charge in [-0.25, -0.2) is 4.98 Å². The van der Waals surface area contributed by atoms with Crippen molar-refractivity contribution in [2.24, 2.45) is 7.05 Å². The van der Waals surface area contributed by atoms with Crippen molar-refractivity contribution in [3.8, 4) is 0 Å². The molecule has 2 rings (SSSR count). The Morgan fingerprint density at radius 3 is 2.53 bits per heavy atom. The molecule has 0 aliphatic carbocycles. The van der Waals surface area contributed by atoms with E-state index in [1.165, 1.54) is 0 Å². The Hall–Kier alpha value is -1.09. The Balaban J connectivity index is 2.79. The first-order chi connectivity index (χ1) is 6.89. The van der Waals surface area contributed by atoms with E-state index in [0.29, 0.717) is 5.15 Å². The van der Waals surface area contributed by atoms with E-state index in [2.05, 4.69) is 30.9 Å².